The van der Waals surface area contributed by atoms with Crippen molar-refractivity contribution in [2.24, 2.45) is 0 Å². The van der Waals surface area contributed by atoms with E-state index in [4.69, 9.17) is 4.74 Å². The van der Waals surface area contributed by atoms with Crippen molar-refractivity contribution >= 4 is 10.0 Å². The summed E-state index contributed by atoms with van der Waals surface area (Å²) in [4.78, 5) is 0.129. The molecule has 1 aromatic rings. The van der Waals surface area contributed by atoms with Crippen molar-refractivity contribution in [2.75, 3.05) is 26.7 Å². The molecule has 0 bridgehead atoms. The summed E-state index contributed by atoms with van der Waals surface area (Å²) in [6.07, 6.45) is 1.41. The normalized spacial score (nSPS) is 23.5. The Morgan fingerprint density at radius 3 is 2.95 bits per heavy atom. The summed E-state index contributed by atoms with van der Waals surface area (Å²) in [5.41, 5.74) is -1.02. The van der Waals surface area contributed by atoms with Crippen LogP contribution in [-0.2, 0) is 10.0 Å². The number of benzene rings is 1. The number of aliphatic hydroxyl groups is 1. The lowest BCUT2D eigenvalue weighted by Gasteiger charge is -2.32. The number of methoxy groups -OCH3 is 1. The third-order valence-electron chi connectivity index (χ3n) is 3.39. The minimum Gasteiger partial charge on any atom is -0.497 e. The SMILES string of the molecule is COc1cccc(S(=O)(=O)NC[C@]2(O)CCCNC2)c1. The van der Waals surface area contributed by atoms with Crippen LogP contribution in [0.25, 0.3) is 0 Å². The van der Waals surface area contributed by atoms with Crippen molar-refractivity contribution in [2.45, 2.75) is 23.3 Å². The van der Waals surface area contributed by atoms with Gasteiger partial charge in [0, 0.05) is 19.2 Å². The third-order valence-corrected chi connectivity index (χ3v) is 4.79. The van der Waals surface area contributed by atoms with Gasteiger partial charge in [-0.1, -0.05) is 6.07 Å². The van der Waals surface area contributed by atoms with Gasteiger partial charge in [0.2, 0.25) is 10.0 Å². The van der Waals surface area contributed by atoms with Crippen LogP contribution in [0.3, 0.4) is 0 Å². The Hall–Kier alpha value is -1.15. The van der Waals surface area contributed by atoms with Gasteiger partial charge in [0.05, 0.1) is 17.6 Å². The molecular weight excluding hydrogens is 280 g/mol. The minimum atomic E-state index is -3.65. The summed E-state index contributed by atoms with van der Waals surface area (Å²) in [6.45, 7) is 1.25. The van der Waals surface area contributed by atoms with Gasteiger partial charge in [-0.2, -0.15) is 0 Å². The monoisotopic (exact) mass is 300 g/mol. The highest BCUT2D eigenvalue weighted by Gasteiger charge is 2.30. The van der Waals surface area contributed by atoms with Gasteiger partial charge < -0.3 is 15.2 Å². The van der Waals surface area contributed by atoms with Crippen molar-refractivity contribution in [1.29, 1.82) is 0 Å². The smallest absolute Gasteiger partial charge is 0.240 e. The molecule has 112 valence electrons. The Morgan fingerprint density at radius 2 is 2.30 bits per heavy atom. The molecule has 0 spiro atoms. The number of piperidine rings is 1. The summed E-state index contributed by atoms with van der Waals surface area (Å²) in [6, 6.07) is 6.24. The fourth-order valence-electron chi connectivity index (χ4n) is 2.18. The second-order valence-corrected chi connectivity index (χ2v) is 6.78. The molecule has 1 heterocycles. The molecule has 7 heteroatoms. The Bertz CT molecular complexity index is 553. The van der Waals surface area contributed by atoms with Crippen LogP contribution in [0.2, 0.25) is 0 Å². The van der Waals surface area contributed by atoms with Crippen LogP contribution in [0.15, 0.2) is 29.2 Å². The van der Waals surface area contributed by atoms with Crippen molar-refractivity contribution in [3.8, 4) is 5.75 Å². The average molecular weight is 300 g/mol. The van der Waals surface area contributed by atoms with Crippen molar-refractivity contribution in [1.82, 2.24) is 10.0 Å². The van der Waals surface area contributed by atoms with Crippen molar-refractivity contribution in [3.63, 3.8) is 0 Å². The van der Waals surface area contributed by atoms with Crippen LogP contribution < -0.4 is 14.8 Å². The molecule has 0 aliphatic carbocycles. The molecule has 6 nitrogen and oxygen atoms in total. The molecule has 1 aromatic carbocycles. The first-order valence-electron chi connectivity index (χ1n) is 6.52. The minimum absolute atomic E-state index is 0.000453. The lowest BCUT2D eigenvalue weighted by atomic mass is 9.95. The zero-order valence-corrected chi connectivity index (χ0v) is 12.2. The molecule has 1 aliphatic heterocycles. The van der Waals surface area contributed by atoms with Gasteiger partial charge in [-0.3, -0.25) is 0 Å². The lowest BCUT2D eigenvalue weighted by Crippen LogP contribution is -2.52. The molecule has 0 aromatic heterocycles. The van der Waals surface area contributed by atoms with E-state index < -0.39 is 15.6 Å². The lowest BCUT2D eigenvalue weighted by molar-refractivity contribution is 0.0218. The van der Waals surface area contributed by atoms with Gasteiger partial charge in [-0.25, -0.2) is 13.1 Å². The van der Waals surface area contributed by atoms with Gasteiger partial charge in [-0.05, 0) is 31.5 Å². The summed E-state index contributed by atoms with van der Waals surface area (Å²) in [5, 5.41) is 13.3. The third kappa shape index (κ3) is 3.69. The van der Waals surface area contributed by atoms with Crippen LogP contribution in [0.4, 0.5) is 0 Å². The first-order valence-corrected chi connectivity index (χ1v) is 8.00. The van der Waals surface area contributed by atoms with Gasteiger partial charge in [0.25, 0.3) is 0 Å². The largest absolute Gasteiger partial charge is 0.497 e. The number of sulfonamides is 1. The van der Waals surface area contributed by atoms with E-state index >= 15 is 0 Å². The molecule has 0 radical (unpaired) electrons. The van der Waals surface area contributed by atoms with Crippen LogP contribution >= 0.6 is 0 Å². The van der Waals surface area contributed by atoms with Crippen molar-refractivity contribution < 1.29 is 18.3 Å². The first-order chi connectivity index (χ1) is 9.45. The molecule has 1 aliphatic rings. The van der Waals surface area contributed by atoms with Crippen LogP contribution in [0.1, 0.15) is 12.8 Å². The highest BCUT2D eigenvalue weighted by atomic mass is 32.2. The first kappa shape index (κ1) is 15.2. The van der Waals surface area contributed by atoms with Crippen LogP contribution in [0, 0.1) is 0 Å². The molecule has 20 heavy (non-hydrogen) atoms. The maximum Gasteiger partial charge on any atom is 0.240 e. The molecule has 0 unspecified atom stereocenters. The second-order valence-electron chi connectivity index (χ2n) is 5.01. The predicted octanol–water partition coefficient (Wildman–Crippen LogP) is 0.0880. The number of rotatable bonds is 5. The fourth-order valence-corrected chi connectivity index (χ4v) is 3.34. The van der Waals surface area contributed by atoms with Crippen LogP contribution in [-0.4, -0.2) is 45.9 Å². The molecule has 3 N–H and O–H groups in total. The van der Waals surface area contributed by atoms with E-state index in [1.165, 1.54) is 19.2 Å². The molecule has 1 saturated heterocycles. The van der Waals surface area contributed by atoms with E-state index in [0.29, 0.717) is 18.7 Å². The number of nitrogens with one attached hydrogen (secondary N) is 2. The highest BCUT2D eigenvalue weighted by Crippen LogP contribution is 2.19. The van der Waals surface area contributed by atoms with Crippen molar-refractivity contribution in [3.05, 3.63) is 24.3 Å². The molecule has 2 rings (SSSR count). The maximum atomic E-state index is 12.2. The zero-order valence-electron chi connectivity index (χ0n) is 11.4. The van der Waals surface area contributed by atoms with E-state index in [0.717, 1.165) is 13.0 Å². The standard InChI is InChI=1S/C13H20N2O4S/c1-19-11-4-2-5-12(8-11)20(17,18)15-10-13(16)6-3-7-14-9-13/h2,4-5,8,14-16H,3,6-7,9-10H2,1H3/t13-/m0/s1. The Kier molecular flexibility index (Phi) is 4.64. The summed E-state index contributed by atoms with van der Waals surface area (Å²) in [7, 11) is -2.17. The topological polar surface area (TPSA) is 87.7 Å². The van der Waals surface area contributed by atoms with Gasteiger partial charge in [0.15, 0.2) is 0 Å². The van der Waals surface area contributed by atoms with Gasteiger partial charge in [-0.15, -0.1) is 0 Å². The maximum absolute atomic E-state index is 12.2. The summed E-state index contributed by atoms with van der Waals surface area (Å²) >= 11 is 0. The van der Waals surface area contributed by atoms with E-state index in [-0.39, 0.29) is 11.4 Å². The predicted molar refractivity (Wildman–Crippen MR) is 75.2 cm³/mol. The zero-order chi connectivity index (χ0) is 14.6. The second kappa shape index (κ2) is 6.09. The molecule has 1 fully saturated rings. The molecule has 1 atom stereocenters. The average Bonchev–Trinajstić information content (AvgIpc) is 2.46. The number of ether oxygens (including phenoxy) is 1. The van der Waals surface area contributed by atoms with Gasteiger partial charge in [0.1, 0.15) is 5.75 Å². The highest BCUT2D eigenvalue weighted by molar-refractivity contribution is 7.89. The van der Waals surface area contributed by atoms with E-state index in [9.17, 15) is 13.5 Å². The summed E-state index contributed by atoms with van der Waals surface area (Å²) < 4.78 is 31.9. The Balaban J connectivity index is 2.06. The van der Waals surface area contributed by atoms with E-state index in [2.05, 4.69) is 10.0 Å². The molecular formula is C13H20N2O4S. The van der Waals surface area contributed by atoms with Crippen LogP contribution in [0.5, 0.6) is 5.75 Å². The van der Waals surface area contributed by atoms with E-state index in [1.807, 2.05) is 0 Å². The summed E-state index contributed by atoms with van der Waals surface area (Å²) in [5.74, 6) is 0.478. The Morgan fingerprint density at radius 1 is 1.50 bits per heavy atom. The number of hydrogen-bond donors (Lipinski definition) is 3. The molecule has 0 saturated carbocycles. The number of β-amino-alcohol motifs (C(OH)–C–C–N with tert-alkyl or cyclic N) is 1. The number of hydrogen-bond acceptors (Lipinski definition) is 5. The van der Waals surface area contributed by atoms with Gasteiger partial charge >= 0.3 is 0 Å². The quantitative estimate of drug-likeness (QED) is 0.717. The molecule has 0 amide bonds. The fraction of sp³-hybridized carbons (Fsp3) is 0.538. The van der Waals surface area contributed by atoms with E-state index in [1.54, 1.807) is 12.1 Å². The Labute approximate surface area is 119 Å².